The highest BCUT2D eigenvalue weighted by molar-refractivity contribution is 5.36. The summed E-state index contributed by atoms with van der Waals surface area (Å²) in [4.78, 5) is 2.43. The highest BCUT2D eigenvalue weighted by Gasteiger charge is 2.10. The number of ether oxygens (including phenoxy) is 1. The molecule has 1 aromatic carbocycles. The normalized spacial score (nSPS) is 17.6. The van der Waals surface area contributed by atoms with Gasteiger partial charge in [0.15, 0.2) is 0 Å². The van der Waals surface area contributed by atoms with Crippen LogP contribution in [0.3, 0.4) is 0 Å². The molecule has 1 aliphatic rings. The maximum absolute atomic E-state index is 5.36. The third-order valence-corrected chi connectivity index (χ3v) is 3.54. The average Bonchev–Trinajstić information content (AvgIpc) is 2.47. The van der Waals surface area contributed by atoms with E-state index in [9.17, 15) is 0 Å². The molecule has 2 rings (SSSR count). The minimum absolute atomic E-state index is 0.480. The second-order valence-electron chi connectivity index (χ2n) is 5.16. The molecule has 0 N–H and O–H groups in total. The van der Waals surface area contributed by atoms with Crippen molar-refractivity contribution in [1.29, 1.82) is 0 Å². The van der Waals surface area contributed by atoms with Gasteiger partial charge in [0.25, 0.3) is 0 Å². The van der Waals surface area contributed by atoms with Crippen molar-refractivity contribution in [3.63, 3.8) is 0 Å². The first-order chi connectivity index (χ1) is 9.28. The van der Waals surface area contributed by atoms with E-state index in [0.29, 0.717) is 5.92 Å². The SMILES string of the molecule is CC[C@@H](C)C#Cc1ccc(CN2CCOCC2)cc1. The Morgan fingerprint density at radius 1 is 1.21 bits per heavy atom. The van der Waals surface area contributed by atoms with Crippen LogP contribution in [0.1, 0.15) is 31.4 Å². The summed E-state index contributed by atoms with van der Waals surface area (Å²) in [6.45, 7) is 9.15. The van der Waals surface area contributed by atoms with E-state index in [2.05, 4.69) is 54.9 Å². The van der Waals surface area contributed by atoms with Gasteiger partial charge in [-0.15, -0.1) is 0 Å². The fourth-order valence-electron chi connectivity index (χ4n) is 2.02. The lowest BCUT2D eigenvalue weighted by molar-refractivity contribution is 0.0342. The molecule has 0 radical (unpaired) electrons. The molecule has 2 nitrogen and oxygen atoms in total. The first kappa shape index (κ1) is 14.1. The van der Waals surface area contributed by atoms with E-state index < -0.39 is 0 Å². The maximum atomic E-state index is 5.36. The highest BCUT2D eigenvalue weighted by Crippen LogP contribution is 2.09. The first-order valence-electron chi connectivity index (χ1n) is 7.18. The van der Waals surface area contributed by atoms with Crippen molar-refractivity contribution in [3.05, 3.63) is 35.4 Å². The predicted octanol–water partition coefficient (Wildman–Crippen LogP) is 2.92. The fourth-order valence-corrected chi connectivity index (χ4v) is 2.02. The van der Waals surface area contributed by atoms with Gasteiger partial charge in [-0.25, -0.2) is 0 Å². The Morgan fingerprint density at radius 3 is 2.53 bits per heavy atom. The second-order valence-corrected chi connectivity index (χ2v) is 5.16. The van der Waals surface area contributed by atoms with Gasteiger partial charge in [-0.1, -0.05) is 37.8 Å². The molecule has 1 fully saturated rings. The molecule has 2 heteroatoms. The molecule has 102 valence electrons. The predicted molar refractivity (Wildman–Crippen MR) is 78.9 cm³/mol. The van der Waals surface area contributed by atoms with Crippen LogP contribution in [-0.4, -0.2) is 31.2 Å². The molecule has 1 saturated heterocycles. The summed E-state index contributed by atoms with van der Waals surface area (Å²) in [5.74, 6) is 6.99. The molecule has 0 aromatic heterocycles. The number of morpholine rings is 1. The van der Waals surface area contributed by atoms with Crippen molar-refractivity contribution >= 4 is 0 Å². The third-order valence-electron chi connectivity index (χ3n) is 3.54. The van der Waals surface area contributed by atoms with Gasteiger partial charge in [-0.05, 0) is 24.1 Å². The monoisotopic (exact) mass is 257 g/mol. The van der Waals surface area contributed by atoms with Crippen molar-refractivity contribution in [2.75, 3.05) is 26.3 Å². The smallest absolute Gasteiger partial charge is 0.0594 e. The minimum atomic E-state index is 0.480. The molecule has 0 saturated carbocycles. The lowest BCUT2D eigenvalue weighted by Crippen LogP contribution is -2.35. The van der Waals surface area contributed by atoms with Gasteiger partial charge in [0, 0.05) is 31.1 Å². The van der Waals surface area contributed by atoms with Gasteiger partial charge in [-0.2, -0.15) is 0 Å². The number of rotatable bonds is 3. The topological polar surface area (TPSA) is 12.5 Å². The molecule has 0 unspecified atom stereocenters. The van der Waals surface area contributed by atoms with E-state index in [1.165, 1.54) is 5.56 Å². The molecule has 0 spiro atoms. The van der Waals surface area contributed by atoms with E-state index in [4.69, 9.17) is 4.74 Å². The van der Waals surface area contributed by atoms with Gasteiger partial charge in [0.1, 0.15) is 0 Å². The molecule has 1 heterocycles. The zero-order valence-electron chi connectivity index (χ0n) is 12.0. The molecule has 0 aliphatic carbocycles. The molecule has 1 aliphatic heterocycles. The summed E-state index contributed by atoms with van der Waals surface area (Å²) in [6, 6.07) is 8.64. The van der Waals surface area contributed by atoms with Crippen molar-refractivity contribution in [2.24, 2.45) is 5.92 Å². The van der Waals surface area contributed by atoms with Crippen LogP contribution in [0, 0.1) is 17.8 Å². The van der Waals surface area contributed by atoms with E-state index >= 15 is 0 Å². The Bertz CT molecular complexity index is 435. The lowest BCUT2D eigenvalue weighted by Gasteiger charge is -2.26. The largest absolute Gasteiger partial charge is 0.379 e. The van der Waals surface area contributed by atoms with Crippen molar-refractivity contribution in [2.45, 2.75) is 26.8 Å². The summed E-state index contributed by atoms with van der Waals surface area (Å²) >= 11 is 0. The van der Waals surface area contributed by atoms with Crippen LogP contribution in [0.2, 0.25) is 0 Å². The molecule has 1 atom stereocenters. The fraction of sp³-hybridized carbons (Fsp3) is 0.529. The number of nitrogens with zero attached hydrogens (tertiary/aromatic N) is 1. The van der Waals surface area contributed by atoms with E-state index in [-0.39, 0.29) is 0 Å². The van der Waals surface area contributed by atoms with Crippen LogP contribution in [0.4, 0.5) is 0 Å². The summed E-state index contributed by atoms with van der Waals surface area (Å²) < 4.78 is 5.36. The molecule has 0 amide bonds. The third kappa shape index (κ3) is 4.70. The molecular formula is C17H23NO. The number of hydrogen-bond donors (Lipinski definition) is 0. The summed E-state index contributed by atoms with van der Waals surface area (Å²) in [5, 5.41) is 0. The second kappa shape index (κ2) is 7.33. The molecular weight excluding hydrogens is 234 g/mol. The van der Waals surface area contributed by atoms with E-state index in [1.807, 2.05) is 0 Å². The Balaban J connectivity index is 1.91. The summed E-state index contributed by atoms with van der Waals surface area (Å²) in [5.41, 5.74) is 2.47. The van der Waals surface area contributed by atoms with Crippen LogP contribution >= 0.6 is 0 Å². The van der Waals surface area contributed by atoms with Crippen LogP contribution < -0.4 is 0 Å². The Labute approximate surface area is 116 Å². The van der Waals surface area contributed by atoms with Gasteiger partial charge < -0.3 is 4.74 Å². The number of hydrogen-bond acceptors (Lipinski definition) is 2. The minimum Gasteiger partial charge on any atom is -0.379 e. The average molecular weight is 257 g/mol. The van der Waals surface area contributed by atoms with Crippen LogP contribution in [0.15, 0.2) is 24.3 Å². The maximum Gasteiger partial charge on any atom is 0.0594 e. The zero-order valence-corrected chi connectivity index (χ0v) is 12.0. The standard InChI is InChI=1S/C17H23NO/c1-3-15(2)4-5-16-6-8-17(9-7-16)14-18-10-12-19-13-11-18/h6-9,15H,3,10-14H2,1-2H3/t15-/m1/s1. The van der Waals surface area contributed by atoms with Crippen molar-refractivity contribution in [1.82, 2.24) is 4.90 Å². The van der Waals surface area contributed by atoms with E-state index in [1.54, 1.807) is 0 Å². The quantitative estimate of drug-likeness (QED) is 0.772. The molecule has 1 aromatic rings. The van der Waals surface area contributed by atoms with Crippen LogP contribution in [0.5, 0.6) is 0 Å². The van der Waals surface area contributed by atoms with E-state index in [0.717, 1.165) is 44.8 Å². The van der Waals surface area contributed by atoms with Gasteiger partial charge in [-0.3, -0.25) is 4.90 Å². The van der Waals surface area contributed by atoms with Crippen molar-refractivity contribution in [3.8, 4) is 11.8 Å². The molecule has 19 heavy (non-hydrogen) atoms. The Morgan fingerprint density at radius 2 is 1.89 bits per heavy atom. The highest BCUT2D eigenvalue weighted by atomic mass is 16.5. The van der Waals surface area contributed by atoms with Crippen molar-refractivity contribution < 1.29 is 4.74 Å². The lowest BCUT2D eigenvalue weighted by atomic mass is 10.1. The van der Waals surface area contributed by atoms with Crippen LogP contribution in [0.25, 0.3) is 0 Å². The molecule has 0 bridgehead atoms. The zero-order chi connectivity index (χ0) is 13.5. The summed E-state index contributed by atoms with van der Waals surface area (Å²) in [7, 11) is 0. The Hall–Kier alpha value is -1.30. The number of benzene rings is 1. The van der Waals surface area contributed by atoms with Gasteiger partial charge in [0.05, 0.1) is 13.2 Å². The summed E-state index contributed by atoms with van der Waals surface area (Å²) in [6.07, 6.45) is 1.11. The van der Waals surface area contributed by atoms with Gasteiger partial charge >= 0.3 is 0 Å². The van der Waals surface area contributed by atoms with Gasteiger partial charge in [0.2, 0.25) is 0 Å². The Kier molecular flexibility index (Phi) is 5.44. The first-order valence-corrected chi connectivity index (χ1v) is 7.18. The van der Waals surface area contributed by atoms with Crippen LogP contribution in [-0.2, 0) is 11.3 Å².